The Morgan fingerprint density at radius 2 is 1.68 bits per heavy atom. The summed E-state index contributed by atoms with van der Waals surface area (Å²) in [6.07, 6.45) is 0.761. The Balaban J connectivity index is 2.38. The summed E-state index contributed by atoms with van der Waals surface area (Å²) in [6, 6.07) is 7.77. The number of nitrogens with one attached hydrogen (secondary N) is 1. The van der Waals surface area contributed by atoms with Crippen LogP contribution in [0.5, 0.6) is 0 Å². The predicted molar refractivity (Wildman–Crippen MR) is 113 cm³/mol. The number of anilines is 2. The van der Waals surface area contributed by atoms with Gasteiger partial charge in [0.15, 0.2) is 0 Å². The maximum atomic E-state index is 12.7. The Labute approximate surface area is 166 Å². The van der Waals surface area contributed by atoms with Gasteiger partial charge in [-0.05, 0) is 79.4 Å². The Bertz CT molecular complexity index is 806. The minimum atomic E-state index is -0.123. The zero-order valence-electron chi connectivity index (χ0n) is 15.3. The number of amides is 1. The van der Waals surface area contributed by atoms with Crippen LogP contribution in [0, 0.1) is 6.92 Å². The van der Waals surface area contributed by atoms with Gasteiger partial charge in [0.1, 0.15) is 0 Å². The van der Waals surface area contributed by atoms with Crippen LogP contribution in [-0.4, -0.2) is 5.91 Å². The van der Waals surface area contributed by atoms with Gasteiger partial charge in [-0.3, -0.25) is 4.79 Å². The number of nitrogen functional groups attached to an aromatic ring is 1. The average Bonchev–Trinajstić information content (AvgIpc) is 2.57. The summed E-state index contributed by atoms with van der Waals surface area (Å²) in [5.74, 6) is -0.123. The van der Waals surface area contributed by atoms with Crippen LogP contribution in [0.2, 0.25) is 0 Å². The molecular weight excluding hydrogens is 444 g/mol. The van der Waals surface area contributed by atoms with Crippen LogP contribution >= 0.6 is 31.9 Å². The third-order valence-electron chi connectivity index (χ3n) is 4.35. The second kappa shape index (κ2) is 7.50. The Morgan fingerprint density at radius 3 is 2.16 bits per heavy atom. The molecule has 2 rings (SSSR count). The van der Waals surface area contributed by atoms with Crippen LogP contribution in [0.3, 0.4) is 0 Å². The molecule has 5 heteroatoms. The maximum Gasteiger partial charge on any atom is 0.255 e. The monoisotopic (exact) mass is 466 g/mol. The van der Waals surface area contributed by atoms with Gasteiger partial charge in [-0.15, -0.1) is 0 Å². The molecular formula is C20H24Br2N2O. The van der Waals surface area contributed by atoms with Gasteiger partial charge >= 0.3 is 0 Å². The van der Waals surface area contributed by atoms with Crippen LogP contribution in [-0.2, 0) is 11.8 Å². The van der Waals surface area contributed by atoms with E-state index in [1.165, 1.54) is 5.56 Å². The van der Waals surface area contributed by atoms with Crippen LogP contribution in [0.1, 0.15) is 54.7 Å². The van der Waals surface area contributed by atoms with Crippen molar-refractivity contribution in [2.45, 2.75) is 46.5 Å². The minimum absolute atomic E-state index is 0.0632. The van der Waals surface area contributed by atoms with E-state index in [1.807, 2.05) is 38.1 Å². The van der Waals surface area contributed by atoms with Crippen molar-refractivity contribution in [3.63, 3.8) is 0 Å². The van der Waals surface area contributed by atoms with Crippen molar-refractivity contribution in [3.8, 4) is 0 Å². The van der Waals surface area contributed by atoms with E-state index in [1.54, 1.807) is 0 Å². The first-order valence-electron chi connectivity index (χ1n) is 8.25. The van der Waals surface area contributed by atoms with Crippen molar-refractivity contribution in [1.82, 2.24) is 0 Å². The van der Waals surface area contributed by atoms with Crippen LogP contribution in [0.25, 0.3) is 0 Å². The molecule has 2 aromatic carbocycles. The molecule has 0 bridgehead atoms. The molecule has 0 aliphatic rings. The molecule has 2 aromatic rings. The lowest BCUT2D eigenvalue weighted by Crippen LogP contribution is -2.16. The van der Waals surface area contributed by atoms with Crippen molar-refractivity contribution in [2.75, 3.05) is 11.1 Å². The fourth-order valence-corrected chi connectivity index (χ4v) is 4.05. The standard InChI is InChI=1S/C20H24Br2N2O/c1-6-14-16(22)17(23)15(21)11(2)18(14)24-19(25)12-7-9-13(10-8-12)20(3,4)5/h7-10H,6,23H2,1-5H3,(H,24,25). The fourth-order valence-electron chi connectivity index (χ4n) is 2.72. The molecule has 134 valence electrons. The molecule has 0 saturated carbocycles. The smallest absolute Gasteiger partial charge is 0.255 e. The SMILES string of the molecule is CCc1c(Br)c(N)c(Br)c(C)c1NC(=O)c1ccc(C(C)(C)C)cc1. The quantitative estimate of drug-likeness (QED) is 0.526. The third-order valence-corrected chi connectivity index (χ3v) is 6.28. The number of rotatable bonds is 3. The summed E-state index contributed by atoms with van der Waals surface area (Å²) < 4.78 is 1.63. The van der Waals surface area contributed by atoms with Crippen molar-refractivity contribution in [2.24, 2.45) is 0 Å². The third kappa shape index (κ3) is 4.09. The molecule has 3 nitrogen and oxygen atoms in total. The number of carbonyl (C=O) groups is 1. The van der Waals surface area contributed by atoms with Crippen molar-refractivity contribution >= 4 is 49.1 Å². The van der Waals surface area contributed by atoms with Gasteiger partial charge in [0.05, 0.1) is 5.69 Å². The fraction of sp³-hybridized carbons (Fsp3) is 0.350. The van der Waals surface area contributed by atoms with Gasteiger partial charge in [-0.25, -0.2) is 0 Å². The highest BCUT2D eigenvalue weighted by molar-refractivity contribution is 9.11. The highest BCUT2D eigenvalue weighted by atomic mass is 79.9. The molecule has 1 amide bonds. The number of nitrogens with two attached hydrogens (primary N) is 1. The van der Waals surface area contributed by atoms with Gasteiger partial charge in [-0.1, -0.05) is 39.8 Å². The molecule has 0 spiro atoms. The van der Waals surface area contributed by atoms with Crippen LogP contribution in [0.4, 0.5) is 11.4 Å². The highest BCUT2D eigenvalue weighted by Crippen LogP contribution is 2.40. The molecule has 0 heterocycles. The van der Waals surface area contributed by atoms with Crippen molar-refractivity contribution < 1.29 is 4.79 Å². The summed E-state index contributed by atoms with van der Waals surface area (Å²) in [5, 5.41) is 3.06. The second-order valence-corrected chi connectivity index (χ2v) is 8.74. The lowest BCUT2D eigenvalue weighted by molar-refractivity contribution is 0.102. The van der Waals surface area contributed by atoms with Gasteiger partial charge in [0.25, 0.3) is 5.91 Å². The summed E-state index contributed by atoms with van der Waals surface area (Å²) in [7, 11) is 0. The highest BCUT2D eigenvalue weighted by Gasteiger charge is 2.19. The van der Waals surface area contributed by atoms with Gasteiger partial charge in [0.2, 0.25) is 0 Å². The van der Waals surface area contributed by atoms with E-state index in [4.69, 9.17) is 5.73 Å². The summed E-state index contributed by atoms with van der Waals surface area (Å²) in [5.41, 5.74) is 11.4. The van der Waals surface area contributed by atoms with Crippen molar-refractivity contribution in [1.29, 1.82) is 0 Å². The topological polar surface area (TPSA) is 55.1 Å². The first kappa shape index (κ1) is 20.0. The van der Waals surface area contributed by atoms with Gasteiger partial charge in [-0.2, -0.15) is 0 Å². The van der Waals surface area contributed by atoms with E-state index in [0.29, 0.717) is 11.3 Å². The van der Waals surface area contributed by atoms with Crippen molar-refractivity contribution in [3.05, 3.63) is 55.5 Å². The van der Waals surface area contributed by atoms with Gasteiger partial charge < -0.3 is 11.1 Å². The van der Waals surface area contributed by atoms with E-state index in [0.717, 1.165) is 32.2 Å². The molecule has 0 atom stereocenters. The predicted octanol–water partition coefficient (Wildman–Crippen LogP) is 6.21. The van der Waals surface area contributed by atoms with E-state index in [9.17, 15) is 4.79 Å². The second-order valence-electron chi connectivity index (χ2n) is 7.16. The molecule has 0 radical (unpaired) electrons. The molecule has 0 fully saturated rings. The molecule has 0 saturated heterocycles. The molecule has 25 heavy (non-hydrogen) atoms. The first-order valence-corrected chi connectivity index (χ1v) is 9.84. The van der Waals surface area contributed by atoms with E-state index in [-0.39, 0.29) is 11.3 Å². The van der Waals surface area contributed by atoms with E-state index >= 15 is 0 Å². The Hall–Kier alpha value is -1.33. The molecule has 0 aromatic heterocycles. The maximum absolute atomic E-state index is 12.7. The van der Waals surface area contributed by atoms with Crippen LogP contribution in [0.15, 0.2) is 33.2 Å². The minimum Gasteiger partial charge on any atom is -0.397 e. The summed E-state index contributed by atoms with van der Waals surface area (Å²) in [4.78, 5) is 12.7. The Kier molecular flexibility index (Phi) is 6.00. The largest absolute Gasteiger partial charge is 0.397 e. The average molecular weight is 468 g/mol. The lowest BCUT2D eigenvalue weighted by Gasteiger charge is -2.20. The number of halogens is 2. The molecule has 3 N–H and O–H groups in total. The Morgan fingerprint density at radius 1 is 1.12 bits per heavy atom. The van der Waals surface area contributed by atoms with E-state index in [2.05, 4.69) is 57.9 Å². The lowest BCUT2D eigenvalue weighted by atomic mass is 9.86. The van der Waals surface area contributed by atoms with Gasteiger partial charge in [0, 0.05) is 20.2 Å². The molecule has 0 aliphatic carbocycles. The zero-order chi connectivity index (χ0) is 18.9. The van der Waals surface area contributed by atoms with Crippen LogP contribution < -0.4 is 11.1 Å². The molecule has 0 unspecified atom stereocenters. The number of benzene rings is 2. The molecule has 0 aliphatic heterocycles. The zero-order valence-corrected chi connectivity index (χ0v) is 18.4. The normalized spacial score (nSPS) is 11.5. The number of carbonyl (C=O) groups excluding carboxylic acids is 1. The van der Waals surface area contributed by atoms with E-state index < -0.39 is 0 Å². The number of hydrogen-bond donors (Lipinski definition) is 2. The summed E-state index contributed by atoms with van der Waals surface area (Å²) in [6.45, 7) is 10.5. The summed E-state index contributed by atoms with van der Waals surface area (Å²) >= 11 is 7.06. The number of hydrogen-bond acceptors (Lipinski definition) is 2. The first-order chi connectivity index (χ1) is 11.6.